The number of thiazole rings is 1. The monoisotopic (exact) mass is 282 g/mol. The average Bonchev–Trinajstić information content (AvgIpc) is 2.75. The molecule has 2 rings (SSSR count). The third-order valence-electron chi connectivity index (χ3n) is 3.72. The Balaban J connectivity index is 1.77. The van der Waals surface area contributed by atoms with Crippen LogP contribution in [0.5, 0.6) is 0 Å². The Morgan fingerprint density at radius 1 is 1.63 bits per heavy atom. The number of carbonyl (C=O) groups is 1. The van der Waals surface area contributed by atoms with Crippen molar-refractivity contribution in [1.29, 1.82) is 0 Å². The van der Waals surface area contributed by atoms with Gasteiger partial charge in [-0.05, 0) is 38.8 Å². The van der Waals surface area contributed by atoms with Crippen LogP contribution in [0.15, 0.2) is 6.20 Å². The molecule has 0 radical (unpaired) electrons. The van der Waals surface area contributed by atoms with E-state index in [0.717, 1.165) is 32.5 Å². The van der Waals surface area contributed by atoms with Crippen LogP contribution in [0.2, 0.25) is 0 Å². The highest BCUT2D eigenvalue weighted by atomic mass is 32.1. The van der Waals surface area contributed by atoms with E-state index in [0.29, 0.717) is 11.0 Å². The molecule has 1 atom stereocenters. The summed E-state index contributed by atoms with van der Waals surface area (Å²) in [6.07, 6.45) is 4.14. The summed E-state index contributed by atoms with van der Waals surface area (Å²) < 4.78 is 0. The number of amides is 1. The fraction of sp³-hybridized carbons (Fsp3) is 0.692. The predicted octanol–water partition coefficient (Wildman–Crippen LogP) is 1.46. The van der Waals surface area contributed by atoms with Gasteiger partial charge in [-0.1, -0.05) is 0 Å². The van der Waals surface area contributed by atoms with Crippen molar-refractivity contribution in [2.24, 2.45) is 5.92 Å². The average molecular weight is 282 g/mol. The number of hydrogen-bond acceptors (Lipinski definition) is 5. The zero-order chi connectivity index (χ0) is 13.8. The lowest BCUT2D eigenvalue weighted by Gasteiger charge is -2.34. The van der Waals surface area contributed by atoms with Gasteiger partial charge in [0.15, 0.2) is 5.13 Å². The number of nitrogens with zero attached hydrogens (tertiary/aromatic N) is 2. The molecule has 1 aliphatic rings. The molecule has 1 unspecified atom stereocenters. The van der Waals surface area contributed by atoms with Crippen molar-refractivity contribution in [2.75, 3.05) is 18.8 Å². The Labute approximate surface area is 118 Å². The van der Waals surface area contributed by atoms with E-state index in [4.69, 9.17) is 5.73 Å². The molecule has 0 aliphatic carbocycles. The number of nitrogen functional groups attached to an aromatic ring is 1. The van der Waals surface area contributed by atoms with Crippen molar-refractivity contribution in [1.82, 2.24) is 15.2 Å². The van der Waals surface area contributed by atoms with E-state index >= 15 is 0 Å². The van der Waals surface area contributed by atoms with Crippen LogP contribution in [0.3, 0.4) is 0 Å². The van der Waals surface area contributed by atoms with E-state index in [2.05, 4.69) is 22.1 Å². The molecule has 2 heterocycles. The van der Waals surface area contributed by atoms with Gasteiger partial charge in [-0.15, -0.1) is 11.3 Å². The lowest BCUT2D eigenvalue weighted by atomic mass is 9.90. The minimum absolute atomic E-state index is 0.0649. The first kappa shape index (κ1) is 14.3. The number of nitrogens with two attached hydrogens (primary N) is 1. The van der Waals surface area contributed by atoms with Gasteiger partial charge in [0, 0.05) is 30.6 Å². The Kier molecular flexibility index (Phi) is 4.76. The molecule has 1 fully saturated rings. The van der Waals surface area contributed by atoms with Crippen LogP contribution >= 0.6 is 11.3 Å². The summed E-state index contributed by atoms with van der Waals surface area (Å²) in [5.41, 5.74) is 5.64. The van der Waals surface area contributed by atoms with Crippen molar-refractivity contribution in [3.8, 4) is 0 Å². The van der Waals surface area contributed by atoms with Crippen molar-refractivity contribution >= 4 is 22.4 Å². The SMILES string of the molecule is CC(=O)NC(C)C1CCN(Cc2cnc(N)s2)CC1. The molecule has 1 amide bonds. The number of likely N-dealkylation sites (tertiary alicyclic amines) is 1. The first-order valence-corrected chi connectivity index (χ1v) is 7.56. The number of piperidine rings is 1. The molecule has 0 aromatic carbocycles. The molecule has 1 saturated heterocycles. The highest BCUT2D eigenvalue weighted by molar-refractivity contribution is 7.15. The standard InChI is InChI=1S/C13H22N4OS/c1-9(16-10(2)18)11-3-5-17(6-4-11)8-12-7-15-13(14)19-12/h7,9,11H,3-6,8H2,1-2H3,(H2,14,15)(H,16,18). The molecule has 0 bridgehead atoms. The molecule has 1 aromatic heterocycles. The van der Waals surface area contributed by atoms with Gasteiger partial charge < -0.3 is 11.1 Å². The maximum absolute atomic E-state index is 11.1. The Morgan fingerprint density at radius 3 is 2.84 bits per heavy atom. The smallest absolute Gasteiger partial charge is 0.217 e. The lowest BCUT2D eigenvalue weighted by Crippen LogP contribution is -2.43. The summed E-state index contributed by atoms with van der Waals surface area (Å²) in [7, 11) is 0. The van der Waals surface area contributed by atoms with E-state index < -0.39 is 0 Å². The fourth-order valence-corrected chi connectivity index (χ4v) is 3.39. The van der Waals surface area contributed by atoms with Gasteiger partial charge >= 0.3 is 0 Å². The summed E-state index contributed by atoms with van der Waals surface area (Å²) in [4.78, 5) is 18.8. The van der Waals surface area contributed by atoms with Crippen LogP contribution in [-0.2, 0) is 11.3 Å². The van der Waals surface area contributed by atoms with E-state index in [-0.39, 0.29) is 11.9 Å². The minimum atomic E-state index is 0.0649. The van der Waals surface area contributed by atoms with Crippen LogP contribution in [0, 0.1) is 5.92 Å². The number of hydrogen-bond donors (Lipinski definition) is 2. The van der Waals surface area contributed by atoms with E-state index in [1.165, 1.54) is 4.88 Å². The molecular formula is C13H22N4OS. The van der Waals surface area contributed by atoms with E-state index in [1.54, 1.807) is 18.3 Å². The number of aromatic nitrogens is 1. The van der Waals surface area contributed by atoms with Gasteiger partial charge in [0.2, 0.25) is 5.91 Å². The van der Waals surface area contributed by atoms with Crippen LogP contribution < -0.4 is 11.1 Å². The van der Waals surface area contributed by atoms with Gasteiger partial charge in [0.1, 0.15) is 0 Å². The zero-order valence-electron chi connectivity index (χ0n) is 11.6. The van der Waals surface area contributed by atoms with Crippen molar-refractivity contribution < 1.29 is 4.79 Å². The summed E-state index contributed by atoms with van der Waals surface area (Å²) in [6.45, 7) is 6.78. The van der Waals surface area contributed by atoms with Crippen molar-refractivity contribution in [3.05, 3.63) is 11.1 Å². The maximum Gasteiger partial charge on any atom is 0.217 e. The second kappa shape index (κ2) is 6.34. The molecule has 19 heavy (non-hydrogen) atoms. The molecule has 1 aromatic rings. The van der Waals surface area contributed by atoms with Gasteiger partial charge in [-0.25, -0.2) is 4.98 Å². The molecule has 5 nitrogen and oxygen atoms in total. The van der Waals surface area contributed by atoms with E-state index in [9.17, 15) is 4.79 Å². The Bertz CT molecular complexity index is 426. The molecule has 0 spiro atoms. The van der Waals surface area contributed by atoms with Gasteiger partial charge in [0.05, 0.1) is 0 Å². The normalized spacial score (nSPS) is 19.3. The maximum atomic E-state index is 11.1. The highest BCUT2D eigenvalue weighted by Gasteiger charge is 2.24. The molecule has 6 heteroatoms. The largest absolute Gasteiger partial charge is 0.375 e. The molecular weight excluding hydrogens is 260 g/mol. The van der Waals surface area contributed by atoms with Crippen molar-refractivity contribution in [3.63, 3.8) is 0 Å². The second-order valence-electron chi connectivity index (χ2n) is 5.27. The first-order valence-electron chi connectivity index (χ1n) is 6.74. The van der Waals surface area contributed by atoms with Crippen molar-refractivity contribution in [2.45, 2.75) is 39.3 Å². The number of rotatable bonds is 4. The lowest BCUT2D eigenvalue weighted by molar-refractivity contribution is -0.120. The van der Waals surface area contributed by atoms with Crippen LogP contribution in [0.1, 0.15) is 31.6 Å². The molecule has 0 saturated carbocycles. The van der Waals surface area contributed by atoms with Crippen LogP contribution in [-0.4, -0.2) is 34.9 Å². The minimum Gasteiger partial charge on any atom is -0.375 e. The molecule has 3 N–H and O–H groups in total. The molecule has 106 valence electrons. The summed E-state index contributed by atoms with van der Waals surface area (Å²) >= 11 is 1.56. The third-order valence-corrected chi connectivity index (χ3v) is 4.53. The third kappa shape index (κ3) is 4.18. The zero-order valence-corrected chi connectivity index (χ0v) is 12.4. The Hall–Kier alpha value is -1.14. The number of nitrogens with one attached hydrogen (secondary N) is 1. The predicted molar refractivity (Wildman–Crippen MR) is 77.8 cm³/mol. The summed E-state index contributed by atoms with van der Waals surface area (Å²) in [5.74, 6) is 0.654. The van der Waals surface area contributed by atoms with Gasteiger partial charge in [-0.3, -0.25) is 9.69 Å². The number of carbonyl (C=O) groups excluding carboxylic acids is 1. The van der Waals surface area contributed by atoms with E-state index in [1.807, 2.05) is 6.20 Å². The number of anilines is 1. The Morgan fingerprint density at radius 2 is 2.32 bits per heavy atom. The first-order chi connectivity index (χ1) is 9.04. The topological polar surface area (TPSA) is 71.2 Å². The summed E-state index contributed by atoms with van der Waals surface area (Å²) in [6, 6.07) is 0.277. The van der Waals surface area contributed by atoms with Gasteiger partial charge in [-0.2, -0.15) is 0 Å². The summed E-state index contributed by atoms with van der Waals surface area (Å²) in [5, 5.41) is 3.64. The second-order valence-corrected chi connectivity index (χ2v) is 6.41. The molecule has 1 aliphatic heterocycles. The van der Waals surface area contributed by atoms with Gasteiger partial charge in [0.25, 0.3) is 0 Å². The quantitative estimate of drug-likeness (QED) is 0.877. The van der Waals surface area contributed by atoms with Crippen LogP contribution in [0.25, 0.3) is 0 Å². The highest BCUT2D eigenvalue weighted by Crippen LogP contribution is 2.23. The van der Waals surface area contributed by atoms with Crippen LogP contribution in [0.4, 0.5) is 5.13 Å². The fourth-order valence-electron chi connectivity index (χ4n) is 2.67.